The van der Waals surface area contributed by atoms with E-state index < -0.39 is 0 Å². The highest BCUT2D eigenvalue weighted by Gasteiger charge is 2.29. The Morgan fingerprint density at radius 1 is 0.854 bits per heavy atom. The van der Waals surface area contributed by atoms with Crippen LogP contribution >= 0.6 is 11.6 Å². The molecular formula is C34H36ClN3O3. The fourth-order valence-corrected chi connectivity index (χ4v) is 6.31. The number of aromatic nitrogens is 1. The maximum atomic E-state index is 12.5. The van der Waals surface area contributed by atoms with Crippen LogP contribution in [0.25, 0.3) is 33.3 Å². The number of urea groups is 1. The first-order valence-corrected chi connectivity index (χ1v) is 15.4. The van der Waals surface area contributed by atoms with Gasteiger partial charge in [0.15, 0.2) is 0 Å². The van der Waals surface area contributed by atoms with Crippen LogP contribution in [0.5, 0.6) is 5.75 Å². The molecule has 212 valence electrons. The molecule has 41 heavy (non-hydrogen) atoms. The summed E-state index contributed by atoms with van der Waals surface area (Å²) < 4.78 is 14.5. The van der Waals surface area contributed by atoms with E-state index in [9.17, 15) is 4.79 Å². The van der Waals surface area contributed by atoms with E-state index in [1.165, 1.54) is 35.0 Å². The molecule has 0 spiro atoms. The molecule has 7 rings (SSSR count). The van der Waals surface area contributed by atoms with Crippen molar-refractivity contribution >= 4 is 34.2 Å². The summed E-state index contributed by atoms with van der Waals surface area (Å²) in [6.07, 6.45) is 8.88. The number of ether oxygens (including phenoxy) is 2. The van der Waals surface area contributed by atoms with Crippen molar-refractivity contribution in [3.05, 3.63) is 71.8 Å². The summed E-state index contributed by atoms with van der Waals surface area (Å²) in [5.74, 6) is 0.911. The third kappa shape index (κ3) is 5.43. The van der Waals surface area contributed by atoms with Crippen molar-refractivity contribution in [2.45, 2.75) is 69.6 Å². The third-order valence-electron chi connectivity index (χ3n) is 8.88. The van der Waals surface area contributed by atoms with Crippen molar-refractivity contribution in [2.75, 3.05) is 18.5 Å². The van der Waals surface area contributed by atoms with Gasteiger partial charge in [-0.1, -0.05) is 35.9 Å². The topological polar surface area (TPSA) is 64.5 Å². The van der Waals surface area contributed by atoms with Crippen LogP contribution in [-0.4, -0.2) is 36.0 Å². The summed E-state index contributed by atoms with van der Waals surface area (Å²) in [7, 11) is 0. The highest BCUT2D eigenvalue weighted by molar-refractivity contribution is 6.30. The van der Waals surface area contributed by atoms with E-state index >= 15 is 0 Å². The van der Waals surface area contributed by atoms with Crippen molar-refractivity contribution in [1.29, 1.82) is 0 Å². The molecule has 0 bridgehead atoms. The summed E-state index contributed by atoms with van der Waals surface area (Å²) in [4.78, 5) is 12.5. The largest absolute Gasteiger partial charge is 0.490 e. The molecule has 2 N–H and O–H groups in total. The first kappa shape index (κ1) is 26.4. The van der Waals surface area contributed by atoms with Gasteiger partial charge in [-0.25, -0.2) is 4.79 Å². The zero-order valence-electron chi connectivity index (χ0n) is 23.2. The van der Waals surface area contributed by atoms with Gasteiger partial charge in [-0.3, -0.25) is 0 Å². The minimum Gasteiger partial charge on any atom is -0.490 e. The number of anilines is 1. The Kier molecular flexibility index (Phi) is 7.36. The second-order valence-corrected chi connectivity index (χ2v) is 12.0. The monoisotopic (exact) mass is 569 g/mol. The van der Waals surface area contributed by atoms with Gasteiger partial charge in [0.2, 0.25) is 0 Å². The van der Waals surface area contributed by atoms with Crippen LogP contribution in [0.2, 0.25) is 5.02 Å². The molecule has 3 aromatic carbocycles. The number of nitrogens with one attached hydrogen (secondary N) is 2. The van der Waals surface area contributed by atoms with E-state index in [0.29, 0.717) is 12.1 Å². The second-order valence-electron chi connectivity index (χ2n) is 11.6. The number of carbonyl (C=O) groups excluding carboxylic acids is 1. The molecule has 7 heteroatoms. The molecule has 2 aliphatic carbocycles. The number of rotatable bonds is 7. The molecule has 6 nitrogen and oxygen atoms in total. The Balaban J connectivity index is 1.30. The van der Waals surface area contributed by atoms with Gasteiger partial charge < -0.3 is 24.7 Å². The highest BCUT2D eigenvalue weighted by Crippen LogP contribution is 2.47. The fraction of sp³-hybridized carbons (Fsp3) is 0.382. The van der Waals surface area contributed by atoms with E-state index in [0.717, 1.165) is 79.3 Å². The number of carbonyl (C=O) groups is 1. The van der Waals surface area contributed by atoms with Crippen molar-refractivity contribution in [2.24, 2.45) is 0 Å². The second kappa shape index (κ2) is 11.4. The fourth-order valence-electron chi connectivity index (χ4n) is 6.18. The van der Waals surface area contributed by atoms with Crippen LogP contribution in [0.3, 0.4) is 0 Å². The van der Waals surface area contributed by atoms with Gasteiger partial charge in [-0.15, -0.1) is 0 Å². The normalized spacial score (nSPS) is 18.1. The molecule has 1 saturated heterocycles. The van der Waals surface area contributed by atoms with E-state index in [1.807, 2.05) is 24.3 Å². The molecule has 3 fully saturated rings. The average molecular weight is 570 g/mol. The van der Waals surface area contributed by atoms with Gasteiger partial charge in [0.25, 0.3) is 0 Å². The molecule has 0 atom stereocenters. The molecule has 0 radical (unpaired) electrons. The molecule has 2 amide bonds. The lowest BCUT2D eigenvalue weighted by atomic mass is 9.91. The number of hydrogen-bond donors (Lipinski definition) is 2. The van der Waals surface area contributed by atoms with Gasteiger partial charge in [0.05, 0.1) is 24.4 Å². The number of hydrogen-bond acceptors (Lipinski definition) is 3. The quantitative estimate of drug-likeness (QED) is 0.234. The van der Waals surface area contributed by atoms with Crippen molar-refractivity contribution in [3.63, 3.8) is 0 Å². The van der Waals surface area contributed by atoms with Crippen molar-refractivity contribution < 1.29 is 14.3 Å². The minimum atomic E-state index is -0.134. The van der Waals surface area contributed by atoms with Gasteiger partial charge in [0, 0.05) is 52.7 Å². The zero-order valence-corrected chi connectivity index (χ0v) is 24.0. The lowest BCUT2D eigenvalue weighted by Gasteiger charge is -2.30. The summed E-state index contributed by atoms with van der Waals surface area (Å²) in [5, 5.41) is 7.99. The van der Waals surface area contributed by atoms with Gasteiger partial charge >= 0.3 is 6.03 Å². The van der Waals surface area contributed by atoms with E-state index in [1.54, 1.807) is 0 Å². The smallest absolute Gasteiger partial charge is 0.319 e. The van der Waals surface area contributed by atoms with Crippen LogP contribution < -0.4 is 15.4 Å². The Bertz CT molecular complexity index is 1530. The van der Waals surface area contributed by atoms with Crippen LogP contribution in [0.15, 0.2) is 66.7 Å². The molecule has 2 saturated carbocycles. The lowest BCUT2D eigenvalue weighted by Crippen LogP contribution is -2.41. The van der Waals surface area contributed by atoms with E-state index in [-0.39, 0.29) is 12.1 Å². The van der Waals surface area contributed by atoms with Crippen LogP contribution in [0, 0.1) is 0 Å². The van der Waals surface area contributed by atoms with Gasteiger partial charge in [0.1, 0.15) is 11.9 Å². The summed E-state index contributed by atoms with van der Waals surface area (Å²) in [5.41, 5.74) is 6.63. The van der Waals surface area contributed by atoms with Crippen LogP contribution in [-0.2, 0) is 4.74 Å². The Hall–Kier alpha value is -3.48. The number of nitrogens with zero attached hydrogens (tertiary/aromatic N) is 1. The lowest BCUT2D eigenvalue weighted by molar-refractivity contribution is 0.0256. The maximum absolute atomic E-state index is 12.5. The minimum absolute atomic E-state index is 0.134. The zero-order chi connectivity index (χ0) is 27.8. The first-order valence-electron chi connectivity index (χ1n) is 15.0. The average Bonchev–Trinajstić information content (AvgIpc) is 3.25. The SMILES string of the molecule is O=C(Nc1ccc(-c2c(-c3ccc(Cl)cc3)c3ccc(OC4CCOCC4)cc3n2C2CCC2)cc1)NC1CCC1. The summed E-state index contributed by atoms with van der Waals surface area (Å²) in [6, 6.07) is 23.6. The highest BCUT2D eigenvalue weighted by atomic mass is 35.5. The van der Waals surface area contributed by atoms with Gasteiger partial charge in [-0.05, 0) is 86.1 Å². The number of halogens is 1. The van der Waals surface area contributed by atoms with E-state index in [4.69, 9.17) is 21.1 Å². The third-order valence-corrected chi connectivity index (χ3v) is 9.13. The molecule has 3 aliphatic rings. The Morgan fingerprint density at radius 3 is 2.22 bits per heavy atom. The number of fused-ring (bicyclic) bond motifs is 1. The summed E-state index contributed by atoms with van der Waals surface area (Å²) in [6.45, 7) is 1.51. The van der Waals surface area contributed by atoms with Crippen molar-refractivity contribution in [3.8, 4) is 28.1 Å². The molecule has 0 unspecified atom stereocenters. The predicted octanol–water partition coefficient (Wildman–Crippen LogP) is 8.59. The molecular weight excluding hydrogens is 534 g/mol. The van der Waals surface area contributed by atoms with Crippen molar-refractivity contribution in [1.82, 2.24) is 9.88 Å². The van der Waals surface area contributed by atoms with E-state index in [2.05, 4.69) is 57.7 Å². The van der Waals surface area contributed by atoms with Gasteiger partial charge in [-0.2, -0.15) is 0 Å². The summed E-state index contributed by atoms with van der Waals surface area (Å²) >= 11 is 6.31. The molecule has 2 heterocycles. The Labute approximate surface area is 246 Å². The van der Waals surface area contributed by atoms with Crippen LogP contribution in [0.4, 0.5) is 10.5 Å². The van der Waals surface area contributed by atoms with Crippen LogP contribution in [0.1, 0.15) is 57.4 Å². The predicted molar refractivity (Wildman–Crippen MR) is 165 cm³/mol. The first-order chi connectivity index (χ1) is 20.1. The standard InChI is InChI=1S/C34H36ClN3O3/c35-24-11-7-22(8-12-24)32-30-16-15-29(41-28-17-19-40-20-18-28)21-31(30)38(27-5-2-6-27)33(32)23-9-13-26(14-10-23)37-34(39)36-25-3-1-4-25/h7-16,21,25,27-28H,1-6,17-20H2,(H2,36,37,39). The molecule has 1 aliphatic heterocycles. The number of benzene rings is 3. The number of amides is 2. The Morgan fingerprint density at radius 2 is 1.56 bits per heavy atom. The molecule has 4 aromatic rings. The maximum Gasteiger partial charge on any atom is 0.319 e. The molecule has 1 aromatic heterocycles.